The van der Waals surface area contributed by atoms with Crippen molar-refractivity contribution in [3.8, 4) is 0 Å². The SMILES string of the molecule is CC[C@]1(C)NC(=O)N(NC(=O)CN2CCCC[C@@H]2c2nc3ccccc3s2)C1=O. The Morgan fingerprint density at radius 2 is 2.14 bits per heavy atom. The predicted octanol–water partition coefficient (Wildman–Crippen LogP) is 2.58. The fourth-order valence-electron chi connectivity index (χ4n) is 3.86. The molecular formula is C20H25N5O3S. The van der Waals surface area contributed by atoms with E-state index < -0.39 is 17.5 Å². The zero-order chi connectivity index (χ0) is 20.6. The Morgan fingerprint density at radius 3 is 2.86 bits per heavy atom. The molecule has 2 atom stereocenters. The second kappa shape index (κ2) is 7.72. The molecule has 8 nitrogen and oxygen atoms in total. The second-order valence-corrected chi connectivity index (χ2v) is 8.86. The number of carbonyl (C=O) groups is 3. The Hall–Kier alpha value is -2.52. The third-order valence-corrected chi connectivity index (χ3v) is 6.90. The zero-order valence-corrected chi connectivity index (χ0v) is 17.4. The molecule has 2 aliphatic heterocycles. The van der Waals surface area contributed by atoms with Crippen LogP contribution in [0.2, 0.25) is 0 Å². The number of urea groups is 1. The third-order valence-electron chi connectivity index (χ3n) is 5.76. The predicted molar refractivity (Wildman–Crippen MR) is 110 cm³/mol. The minimum Gasteiger partial charge on any atom is -0.322 e. The molecule has 0 unspecified atom stereocenters. The molecule has 2 N–H and O–H groups in total. The summed E-state index contributed by atoms with van der Waals surface area (Å²) in [5.41, 5.74) is 2.49. The summed E-state index contributed by atoms with van der Waals surface area (Å²) >= 11 is 1.66. The molecule has 0 radical (unpaired) electrons. The van der Waals surface area contributed by atoms with E-state index in [1.54, 1.807) is 18.3 Å². The summed E-state index contributed by atoms with van der Waals surface area (Å²) in [6, 6.07) is 7.50. The van der Waals surface area contributed by atoms with Gasteiger partial charge in [0, 0.05) is 0 Å². The molecule has 2 saturated heterocycles. The Morgan fingerprint density at radius 1 is 1.34 bits per heavy atom. The van der Waals surface area contributed by atoms with Gasteiger partial charge in [-0.3, -0.25) is 19.9 Å². The largest absolute Gasteiger partial charge is 0.344 e. The summed E-state index contributed by atoms with van der Waals surface area (Å²) in [5.74, 6) is -0.804. The van der Waals surface area contributed by atoms with E-state index >= 15 is 0 Å². The molecule has 4 amide bonds. The van der Waals surface area contributed by atoms with Crippen molar-refractivity contribution in [3.63, 3.8) is 0 Å². The fraction of sp³-hybridized carbons (Fsp3) is 0.500. The lowest BCUT2D eigenvalue weighted by molar-refractivity contribution is -0.139. The van der Waals surface area contributed by atoms with Crippen LogP contribution in [0.4, 0.5) is 4.79 Å². The van der Waals surface area contributed by atoms with Crippen LogP contribution in [0.25, 0.3) is 10.2 Å². The van der Waals surface area contributed by atoms with Crippen LogP contribution in [0, 0.1) is 0 Å². The van der Waals surface area contributed by atoms with Crippen molar-refractivity contribution in [1.29, 1.82) is 0 Å². The average Bonchev–Trinajstić information content (AvgIpc) is 3.23. The number of carbonyl (C=O) groups excluding carboxylic acids is 3. The average molecular weight is 416 g/mol. The van der Waals surface area contributed by atoms with E-state index in [9.17, 15) is 14.4 Å². The Bertz CT molecular complexity index is 927. The van der Waals surface area contributed by atoms with Crippen molar-refractivity contribution >= 4 is 39.4 Å². The first-order valence-corrected chi connectivity index (χ1v) is 10.8. The number of nitrogens with one attached hydrogen (secondary N) is 2. The number of imide groups is 1. The minimum absolute atomic E-state index is 0.0657. The quantitative estimate of drug-likeness (QED) is 0.732. The second-order valence-electron chi connectivity index (χ2n) is 7.79. The van der Waals surface area contributed by atoms with E-state index in [1.165, 1.54) is 0 Å². The maximum Gasteiger partial charge on any atom is 0.344 e. The highest BCUT2D eigenvalue weighted by molar-refractivity contribution is 7.18. The van der Waals surface area contributed by atoms with Crippen molar-refractivity contribution in [3.05, 3.63) is 29.3 Å². The number of likely N-dealkylation sites (tertiary alicyclic amines) is 1. The molecule has 0 aliphatic carbocycles. The Labute approximate surface area is 173 Å². The van der Waals surface area contributed by atoms with Gasteiger partial charge in [-0.1, -0.05) is 25.5 Å². The van der Waals surface area contributed by atoms with Gasteiger partial charge in [-0.15, -0.1) is 11.3 Å². The maximum atomic E-state index is 12.7. The van der Waals surface area contributed by atoms with Crippen molar-refractivity contribution in [1.82, 2.24) is 25.6 Å². The third kappa shape index (κ3) is 3.72. The number of para-hydroxylation sites is 1. The van der Waals surface area contributed by atoms with Crippen LogP contribution < -0.4 is 10.7 Å². The van der Waals surface area contributed by atoms with Crippen LogP contribution in [0.5, 0.6) is 0 Å². The zero-order valence-electron chi connectivity index (χ0n) is 16.6. The number of rotatable bonds is 5. The number of benzene rings is 1. The van der Waals surface area contributed by atoms with E-state index in [-0.39, 0.29) is 18.5 Å². The lowest BCUT2D eigenvalue weighted by Crippen LogP contribution is -2.51. The van der Waals surface area contributed by atoms with Gasteiger partial charge in [-0.05, 0) is 44.9 Å². The minimum atomic E-state index is -0.973. The van der Waals surface area contributed by atoms with Gasteiger partial charge in [0.15, 0.2) is 0 Å². The van der Waals surface area contributed by atoms with Crippen molar-refractivity contribution in [2.24, 2.45) is 0 Å². The molecule has 2 aliphatic rings. The molecule has 0 bridgehead atoms. The number of thiazole rings is 1. The highest BCUT2D eigenvalue weighted by Gasteiger charge is 2.47. The number of hydrogen-bond acceptors (Lipinski definition) is 6. The van der Waals surface area contributed by atoms with Gasteiger partial charge in [-0.25, -0.2) is 9.78 Å². The topological polar surface area (TPSA) is 94.6 Å². The highest BCUT2D eigenvalue weighted by Crippen LogP contribution is 2.35. The van der Waals surface area contributed by atoms with Crippen LogP contribution >= 0.6 is 11.3 Å². The number of amides is 4. The van der Waals surface area contributed by atoms with E-state index in [1.807, 2.05) is 25.1 Å². The van der Waals surface area contributed by atoms with Gasteiger partial charge >= 0.3 is 6.03 Å². The number of hydrogen-bond donors (Lipinski definition) is 2. The summed E-state index contributed by atoms with van der Waals surface area (Å²) in [7, 11) is 0. The van der Waals surface area contributed by atoms with Gasteiger partial charge < -0.3 is 5.32 Å². The number of piperidine rings is 1. The summed E-state index contributed by atoms with van der Waals surface area (Å²) in [6.45, 7) is 4.37. The van der Waals surface area contributed by atoms with E-state index in [0.717, 1.165) is 46.0 Å². The molecule has 3 heterocycles. The molecule has 2 fully saturated rings. The Balaban J connectivity index is 1.46. The Kier molecular flexibility index (Phi) is 5.26. The van der Waals surface area contributed by atoms with Crippen molar-refractivity contribution in [2.75, 3.05) is 13.1 Å². The smallest absolute Gasteiger partial charge is 0.322 e. The molecule has 0 spiro atoms. The number of aromatic nitrogens is 1. The normalized spacial score (nSPS) is 25.4. The number of nitrogens with zero attached hydrogens (tertiary/aromatic N) is 3. The van der Waals surface area contributed by atoms with E-state index in [0.29, 0.717) is 6.42 Å². The van der Waals surface area contributed by atoms with Crippen molar-refractivity contribution < 1.29 is 14.4 Å². The fourth-order valence-corrected chi connectivity index (χ4v) is 5.00. The molecule has 1 aromatic carbocycles. The van der Waals surface area contributed by atoms with Crippen LogP contribution in [-0.4, -0.2) is 51.4 Å². The molecule has 9 heteroatoms. The van der Waals surface area contributed by atoms with Crippen LogP contribution in [0.1, 0.15) is 50.6 Å². The summed E-state index contributed by atoms with van der Waals surface area (Å²) in [5, 5.41) is 4.45. The number of fused-ring (bicyclic) bond motifs is 1. The van der Waals surface area contributed by atoms with Gasteiger partial charge in [-0.2, -0.15) is 5.01 Å². The van der Waals surface area contributed by atoms with Crippen molar-refractivity contribution in [2.45, 2.75) is 51.1 Å². The number of hydrazine groups is 1. The van der Waals surface area contributed by atoms with Crippen LogP contribution in [0.3, 0.4) is 0 Å². The molecule has 2 aromatic rings. The van der Waals surface area contributed by atoms with E-state index in [4.69, 9.17) is 4.98 Å². The summed E-state index contributed by atoms with van der Waals surface area (Å²) in [6.07, 6.45) is 3.48. The molecule has 29 heavy (non-hydrogen) atoms. The van der Waals surface area contributed by atoms with Gasteiger partial charge in [0.1, 0.15) is 10.5 Å². The molecular weight excluding hydrogens is 390 g/mol. The maximum absolute atomic E-state index is 12.7. The van der Waals surface area contributed by atoms with Gasteiger partial charge in [0.25, 0.3) is 11.8 Å². The monoisotopic (exact) mass is 415 g/mol. The van der Waals surface area contributed by atoms with Crippen LogP contribution in [0.15, 0.2) is 24.3 Å². The molecule has 154 valence electrons. The standard InChI is InChI=1S/C20H25N5O3S/c1-3-20(2)18(27)25(19(28)22-20)23-16(26)12-24-11-7-6-9-14(24)17-21-13-8-4-5-10-15(13)29-17/h4-5,8,10,14H,3,6-7,9,11-12H2,1-2H3,(H,22,28)(H,23,26)/t14-,20+/m1/s1. The lowest BCUT2D eigenvalue weighted by atomic mass is 10.00. The van der Waals surface area contributed by atoms with Gasteiger partial charge in [0.2, 0.25) is 0 Å². The van der Waals surface area contributed by atoms with Gasteiger partial charge in [0.05, 0.1) is 22.8 Å². The first-order valence-electron chi connectivity index (χ1n) is 9.97. The molecule has 0 saturated carbocycles. The summed E-state index contributed by atoms with van der Waals surface area (Å²) in [4.78, 5) is 44.1. The van der Waals surface area contributed by atoms with Crippen LogP contribution in [-0.2, 0) is 9.59 Å². The lowest BCUT2D eigenvalue weighted by Gasteiger charge is -2.34. The van der Waals surface area contributed by atoms with E-state index in [2.05, 4.69) is 21.7 Å². The highest BCUT2D eigenvalue weighted by atomic mass is 32.1. The first kappa shape index (κ1) is 19.8. The first-order chi connectivity index (χ1) is 13.9. The molecule has 1 aromatic heterocycles. The summed E-state index contributed by atoms with van der Waals surface area (Å²) < 4.78 is 1.13. The molecule has 4 rings (SSSR count).